The van der Waals surface area contributed by atoms with Gasteiger partial charge in [0, 0.05) is 17.6 Å². The zero-order valence-electron chi connectivity index (χ0n) is 24.7. The van der Waals surface area contributed by atoms with Crippen LogP contribution in [0.5, 0.6) is 0 Å². The number of carbonyl (C=O) groups excluding carboxylic acids is 2. The summed E-state index contributed by atoms with van der Waals surface area (Å²) in [6.07, 6.45) is 11.7. The number of hydrogen-bond donors (Lipinski definition) is 2. The highest BCUT2D eigenvalue weighted by Gasteiger charge is 2.28. The summed E-state index contributed by atoms with van der Waals surface area (Å²) in [6.45, 7) is 6.55. The molecule has 0 saturated carbocycles. The number of thiophene rings is 1. The SMILES string of the molecule is CCCCCCCCn1c(=N)c(C(=O)Nc2sc3c(c2C(=O)OCC)CCCC3)cc2c(=O)n3cccc(C)c3nc21. The van der Waals surface area contributed by atoms with E-state index in [1.807, 2.05) is 13.0 Å². The molecule has 42 heavy (non-hydrogen) atoms. The van der Waals surface area contributed by atoms with E-state index in [0.29, 0.717) is 28.4 Å². The lowest BCUT2D eigenvalue weighted by atomic mass is 9.95. The second-order valence-electron chi connectivity index (χ2n) is 11.0. The molecule has 10 heteroatoms. The number of pyridine rings is 2. The summed E-state index contributed by atoms with van der Waals surface area (Å²) in [6, 6.07) is 5.17. The summed E-state index contributed by atoms with van der Waals surface area (Å²) >= 11 is 1.40. The van der Waals surface area contributed by atoms with Crippen molar-refractivity contribution in [2.45, 2.75) is 91.5 Å². The molecule has 5 rings (SSSR count). The van der Waals surface area contributed by atoms with Crippen molar-refractivity contribution in [2.24, 2.45) is 0 Å². The third-order valence-electron chi connectivity index (χ3n) is 7.99. The zero-order valence-corrected chi connectivity index (χ0v) is 25.5. The van der Waals surface area contributed by atoms with Crippen molar-refractivity contribution in [1.29, 1.82) is 5.41 Å². The van der Waals surface area contributed by atoms with Crippen LogP contribution in [-0.4, -0.2) is 32.4 Å². The smallest absolute Gasteiger partial charge is 0.341 e. The molecule has 0 atom stereocenters. The van der Waals surface area contributed by atoms with Crippen LogP contribution >= 0.6 is 11.3 Å². The maximum Gasteiger partial charge on any atom is 0.341 e. The maximum atomic E-state index is 13.8. The van der Waals surface area contributed by atoms with Gasteiger partial charge in [0.25, 0.3) is 11.5 Å². The molecule has 0 spiro atoms. The van der Waals surface area contributed by atoms with Crippen molar-refractivity contribution in [3.05, 3.63) is 67.4 Å². The molecule has 1 aliphatic rings. The van der Waals surface area contributed by atoms with Crippen LogP contribution in [0.2, 0.25) is 0 Å². The van der Waals surface area contributed by atoms with E-state index in [-0.39, 0.29) is 28.6 Å². The number of anilines is 1. The Hall–Kier alpha value is -3.79. The standard InChI is InChI=1S/C32H39N5O4S/c1-4-6-7-8-9-12-17-36-26(33)22(19-23-28(36)34-27-20(3)14-13-18-37(27)31(23)39)29(38)35-30-25(32(40)41-5-2)21-15-10-11-16-24(21)42-30/h13-14,18-19,33H,4-12,15-17H2,1-3H3,(H,35,38). The number of ether oxygens (including phenoxy) is 1. The number of hydrogen-bond acceptors (Lipinski definition) is 7. The predicted octanol–water partition coefficient (Wildman–Crippen LogP) is 6.17. The summed E-state index contributed by atoms with van der Waals surface area (Å²) < 4.78 is 8.54. The van der Waals surface area contributed by atoms with Crippen LogP contribution in [-0.2, 0) is 24.1 Å². The minimum atomic E-state index is -0.531. The minimum absolute atomic E-state index is 0.00241. The first-order valence-corrected chi connectivity index (χ1v) is 15.9. The molecule has 0 bridgehead atoms. The van der Waals surface area contributed by atoms with Gasteiger partial charge in [-0.15, -0.1) is 11.3 Å². The fourth-order valence-electron chi connectivity index (χ4n) is 5.78. The van der Waals surface area contributed by atoms with Crippen LogP contribution in [0.3, 0.4) is 0 Å². The Kier molecular flexibility index (Phi) is 9.21. The van der Waals surface area contributed by atoms with Gasteiger partial charge in [-0.2, -0.15) is 0 Å². The first-order chi connectivity index (χ1) is 20.3. The second kappa shape index (κ2) is 13.0. The van der Waals surface area contributed by atoms with Crippen LogP contribution < -0.4 is 16.4 Å². The van der Waals surface area contributed by atoms with Crippen molar-refractivity contribution in [3.63, 3.8) is 0 Å². The summed E-state index contributed by atoms with van der Waals surface area (Å²) in [4.78, 5) is 46.4. The van der Waals surface area contributed by atoms with E-state index < -0.39 is 11.9 Å². The van der Waals surface area contributed by atoms with Crippen LogP contribution in [0, 0.1) is 12.3 Å². The average Bonchev–Trinajstić information content (AvgIpc) is 3.34. The quantitative estimate of drug-likeness (QED) is 0.123. The Morgan fingerprint density at radius 2 is 1.86 bits per heavy atom. The fraction of sp³-hybridized carbons (Fsp3) is 0.469. The summed E-state index contributed by atoms with van der Waals surface area (Å²) in [5.74, 6) is -0.976. The topological polar surface area (TPSA) is 119 Å². The van der Waals surface area contributed by atoms with E-state index in [2.05, 4.69) is 12.2 Å². The number of aryl methyl sites for hydroxylation is 3. The molecule has 0 radical (unpaired) electrons. The summed E-state index contributed by atoms with van der Waals surface area (Å²) in [7, 11) is 0. The van der Waals surface area contributed by atoms with E-state index in [0.717, 1.165) is 67.4 Å². The van der Waals surface area contributed by atoms with Crippen molar-refractivity contribution in [3.8, 4) is 0 Å². The van der Waals surface area contributed by atoms with Gasteiger partial charge in [-0.1, -0.05) is 45.1 Å². The molecule has 222 valence electrons. The number of amides is 1. The third-order valence-corrected chi connectivity index (χ3v) is 9.20. The Balaban J connectivity index is 1.59. The molecule has 1 amide bonds. The van der Waals surface area contributed by atoms with Crippen LogP contribution in [0.4, 0.5) is 5.00 Å². The van der Waals surface area contributed by atoms with Crippen LogP contribution in [0.15, 0.2) is 29.2 Å². The first-order valence-electron chi connectivity index (χ1n) is 15.1. The van der Waals surface area contributed by atoms with Gasteiger partial charge in [0.15, 0.2) is 0 Å². The molecular formula is C32H39N5O4S. The largest absolute Gasteiger partial charge is 0.462 e. The maximum absolute atomic E-state index is 13.8. The van der Waals surface area contributed by atoms with E-state index >= 15 is 0 Å². The predicted molar refractivity (Wildman–Crippen MR) is 166 cm³/mol. The highest BCUT2D eigenvalue weighted by Crippen LogP contribution is 2.38. The fourth-order valence-corrected chi connectivity index (χ4v) is 7.05. The Bertz CT molecular complexity index is 1770. The van der Waals surface area contributed by atoms with Gasteiger partial charge in [0.05, 0.1) is 23.1 Å². The monoisotopic (exact) mass is 589 g/mol. The lowest BCUT2D eigenvalue weighted by Gasteiger charge is -2.15. The molecule has 9 nitrogen and oxygen atoms in total. The van der Waals surface area contributed by atoms with Gasteiger partial charge in [0.1, 0.15) is 21.8 Å². The van der Waals surface area contributed by atoms with Crippen molar-refractivity contribution in [2.75, 3.05) is 11.9 Å². The number of aromatic nitrogens is 3. The number of nitrogens with one attached hydrogen (secondary N) is 2. The number of carbonyl (C=O) groups is 2. The van der Waals surface area contributed by atoms with Crippen LogP contribution in [0.1, 0.15) is 102 Å². The van der Waals surface area contributed by atoms with Gasteiger partial charge < -0.3 is 14.6 Å². The minimum Gasteiger partial charge on any atom is -0.462 e. The number of unbranched alkanes of at least 4 members (excludes halogenated alkanes) is 5. The van der Waals surface area contributed by atoms with E-state index in [1.165, 1.54) is 34.6 Å². The van der Waals surface area contributed by atoms with Gasteiger partial charge >= 0.3 is 5.97 Å². The molecule has 0 saturated heterocycles. The van der Waals surface area contributed by atoms with E-state index in [4.69, 9.17) is 15.1 Å². The lowest BCUT2D eigenvalue weighted by Crippen LogP contribution is -2.32. The molecule has 4 heterocycles. The number of rotatable bonds is 11. The average molecular weight is 590 g/mol. The van der Waals surface area contributed by atoms with Gasteiger partial charge in [-0.05, 0) is 69.2 Å². The third kappa shape index (κ3) is 5.77. The van der Waals surface area contributed by atoms with Gasteiger partial charge in [0.2, 0.25) is 0 Å². The summed E-state index contributed by atoms with van der Waals surface area (Å²) in [5.41, 5.74) is 2.94. The molecule has 0 unspecified atom stereocenters. The molecule has 0 aliphatic heterocycles. The van der Waals surface area contributed by atoms with Gasteiger partial charge in [-0.3, -0.25) is 19.4 Å². The summed E-state index contributed by atoms with van der Waals surface area (Å²) in [5, 5.41) is 12.8. The van der Waals surface area contributed by atoms with Crippen LogP contribution in [0.25, 0.3) is 16.7 Å². The van der Waals surface area contributed by atoms with E-state index in [1.54, 1.807) is 23.8 Å². The molecule has 0 fully saturated rings. The Labute approximate surface area is 249 Å². The molecule has 1 aliphatic carbocycles. The lowest BCUT2D eigenvalue weighted by molar-refractivity contribution is 0.0526. The second-order valence-corrected chi connectivity index (χ2v) is 12.1. The zero-order chi connectivity index (χ0) is 29.8. The highest BCUT2D eigenvalue weighted by molar-refractivity contribution is 7.17. The number of fused-ring (bicyclic) bond motifs is 3. The first kappa shape index (κ1) is 29.7. The van der Waals surface area contributed by atoms with Crippen molar-refractivity contribution >= 4 is 44.9 Å². The Morgan fingerprint density at radius 1 is 1.10 bits per heavy atom. The number of esters is 1. The van der Waals surface area contributed by atoms with Crippen molar-refractivity contribution < 1.29 is 14.3 Å². The molecule has 4 aromatic rings. The molecule has 4 aromatic heterocycles. The van der Waals surface area contributed by atoms with Gasteiger partial charge in [-0.25, -0.2) is 9.78 Å². The Morgan fingerprint density at radius 3 is 2.64 bits per heavy atom. The highest BCUT2D eigenvalue weighted by atomic mass is 32.1. The molecule has 0 aromatic carbocycles. The van der Waals surface area contributed by atoms with Crippen molar-refractivity contribution in [1.82, 2.24) is 14.0 Å². The van der Waals surface area contributed by atoms with E-state index in [9.17, 15) is 14.4 Å². The molecular weight excluding hydrogens is 550 g/mol. The molecule has 2 N–H and O–H groups in total. The number of nitrogens with zero attached hydrogens (tertiary/aromatic N) is 3. The normalized spacial score (nSPS) is 12.9.